The van der Waals surface area contributed by atoms with Gasteiger partial charge in [0, 0.05) is 25.4 Å². The van der Waals surface area contributed by atoms with Crippen LogP contribution in [0.15, 0.2) is 24.3 Å². The molecule has 0 saturated carbocycles. The molecule has 1 aromatic rings. The minimum Gasteiger partial charge on any atom is -0.496 e. The van der Waals surface area contributed by atoms with E-state index in [1.807, 2.05) is 12.1 Å². The van der Waals surface area contributed by atoms with E-state index in [1.54, 1.807) is 7.11 Å². The highest BCUT2D eigenvalue weighted by Gasteiger charge is 2.25. The Labute approximate surface area is 103 Å². The summed E-state index contributed by atoms with van der Waals surface area (Å²) in [6, 6.07) is 10.4. The predicted molar refractivity (Wildman–Crippen MR) is 67.0 cm³/mol. The molecule has 1 aliphatic rings. The van der Waals surface area contributed by atoms with Gasteiger partial charge in [-0.15, -0.1) is 0 Å². The summed E-state index contributed by atoms with van der Waals surface area (Å²) in [6.45, 7) is 3.02. The van der Waals surface area contributed by atoms with Gasteiger partial charge in [-0.2, -0.15) is 5.26 Å². The van der Waals surface area contributed by atoms with Gasteiger partial charge in [-0.3, -0.25) is 0 Å². The first-order valence-corrected chi connectivity index (χ1v) is 6.07. The fourth-order valence-corrected chi connectivity index (χ4v) is 2.50. The first kappa shape index (κ1) is 11.9. The van der Waals surface area contributed by atoms with Crippen molar-refractivity contribution in [3.05, 3.63) is 29.8 Å². The molecular weight excluding hydrogens is 212 g/mol. The number of likely N-dealkylation sites (tertiary alicyclic amines) is 1. The van der Waals surface area contributed by atoms with Crippen LogP contribution in [0, 0.1) is 11.3 Å². The second-order valence-electron chi connectivity index (χ2n) is 4.44. The quantitative estimate of drug-likeness (QED) is 0.797. The standard InChI is InChI=1S/C14H18N2O/c1-17-14-6-3-2-5-13(14)12-7-10-16(11-12)9-4-8-15/h2-3,5-6,12H,4,7,9-11H2,1H3/t12-/m0/s1. The molecule has 2 rings (SSSR count). The molecular formula is C14H18N2O. The van der Waals surface area contributed by atoms with Gasteiger partial charge in [-0.1, -0.05) is 18.2 Å². The van der Waals surface area contributed by atoms with Gasteiger partial charge in [0.25, 0.3) is 0 Å². The van der Waals surface area contributed by atoms with Gasteiger partial charge in [0.05, 0.1) is 13.2 Å². The Morgan fingerprint density at radius 3 is 3.06 bits per heavy atom. The van der Waals surface area contributed by atoms with Gasteiger partial charge in [0.15, 0.2) is 0 Å². The van der Waals surface area contributed by atoms with E-state index in [2.05, 4.69) is 23.1 Å². The lowest BCUT2D eigenvalue weighted by atomic mass is 9.97. The van der Waals surface area contributed by atoms with Crippen molar-refractivity contribution in [1.29, 1.82) is 5.26 Å². The van der Waals surface area contributed by atoms with Crippen LogP contribution in [0.5, 0.6) is 5.75 Å². The van der Waals surface area contributed by atoms with E-state index in [4.69, 9.17) is 10.00 Å². The highest BCUT2D eigenvalue weighted by molar-refractivity contribution is 5.37. The van der Waals surface area contributed by atoms with Crippen molar-refractivity contribution in [3.63, 3.8) is 0 Å². The van der Waals surface area contributed by atoms with E-state index in [0.29, 0.717) is 12.3 Å². The number of para-hydroxylation sites is 1. The first-order valence-electron chi connectivity index (χ1n) is 6.07. The molecule has 0 amide bonds. The van der Waals surface area contributed by atoms with Gasteiger partial charge >= 0.3 is 0 Å². The molecule has 0 aromatic heterocycles. The Hall–Kier alpha value is -1.53. The van der Waals surface area contributed by atoms with Gasteiger partial charge in [-0.05, 0) is 24.6 Å². The normalized spacial score (nSPS) is 20.1. The smallest absolute Gasteiger partial charge is 0.122 e. The third-order valence-electron chi connectivity index (χ3n) is 3.39. The molecule has 1 aromatic carbocycles. The van der Waals surface area contributed by atoms with Gasteiger partial charge in [-0.25, -0.2) is 0 Å². The molecule has 0 N–H and O–H groups in total. The monoisotopic (exact) mass is 230 g/mol. The van der Waals surface area contributed by atoms with Crippen LogP contribution in [0.1, 0.15) is 24.3 Å². The number of benzene rings is 1. The van der Waals surface area contributed by atoms with Gasteiger partial charge in [0.1, 0.15) is 5.75 Å². The van der Waals surface area contributed by atoms with Crippen LogP contribution >= 0.6 is 0 Å². The molecule has 1 aliphatic heterocycles. The fraction of sp³-hybridized carbons (Fsp3) is 0.500. The third-order valence-corrected chi connectivity index (χ3v) is 3.39. The van der Waals surface area contributed by atoms with Crippen LogP contribution in [0.25, 0.3) is 0 Å². The summed E-state index contributed by atoms with van der Waals surface area (Å²) in [5.74, 6) is 1.53. The second-order valence-corrected chi connectivity index (χ2v) is 4.44. The Balaban J connectivity index is 2.02. The van der Waals surface area contributed by atoms with Crippen LogP contribution in [0.2, 0.25) is 0 Å². The minimum absolute atomic E-state index is 0.546. The highest BCUT2D eigenvalue weighted by atomic mass is 16.5. The van der Waals surface area contributed by atoms with Crippen LogP contribution in [-0.2, 0) is 0 Å². The summed E-state index contributed by atoms with van der Waals surface area (Å²) >= 11 is 0. The van der Waals surface area contributed by atoms with Crippen molar-refractivity contribution in [2.45, 2.75) is 18.8 Å². The second kappa shape index (κ2) is 5.70. The molecule has 0 aliphatic carbocycles. The van der Waals surface area contributed by atoms with E-state index in [-0.39, 0.29) is 0 Å². The summed E-state index contributed by atoms with van der Waals surface area (Å²) in [7, 11) is 1.72. The summed E-state index contributed by atoms with van der Waals surface area (Å²) < 4.78 is 5.40. The molecule has 3 nitrogen and oxygen atoms in total. The van der Waals surface area contributed by atoms with Crippen LogP contribution in [0.4, 0.5) is 0 Å². The number of ether oxygens (including phenoxy) is 1. The highest BCUT2D eigenvalue weighted by Crippen LogP contribution is 2.33. The molecule has 1 heterocycles. The maximum absolute atomic E-state index is 8.60. The summed E-state index contributed by atoms with van der Waals surface area (Å²) in [5.41, 5.74) is 1.30. The van der Waals surface area contributed by atoms with Crippen molar-refractivity contribution in [2.75, 3.05) is 26.7 Å². The minimum atomic E-state index is 0.546. The Morgan fingerprint density at radius 1 is 1.47 bits per heavy atom. The predicted octanol–water partition coefficient (Wildman–Crippen LogP) is 2.40. The van der Waals surface area contributed by atoms with Crippen molar-refractivity contribution in [1.82, 2.24) is 4.90 Å². The van der Waals surface area contributed by atoms with Crippen LogP contribution in [-0.4, -0.2) is 31.6 Å². The van der Waals surface area contributed by atoms with Crippen LogP contribution in [0.3, 0.4) is 0 Å². The first-order chi connectivity index (χ1) is 8.35. The molecule has 0 radical (unpaired) electrons. The van der Waals surface area contributed by atoms with Crippen molar-refractivity contribution in [2.24, 2.45) is 0 Å². The van der Waals surface area contributed by atoms with Crippen LogP contribution < -0.4 is 4.74 Å². The zero-order chi connectivity index (χ0) is 12.1. The van der Waals surface area contributed by atoms with Crippen molar-refractivity contribution in [3.8, 4) is 11.8 Å². The molecule has 1 saturated heterocycles. The molecule has 0 bridgehead atoms. The van der Waals surface area contributed by atoms with E-state index in [1.165, 1.54) is 5.56 Å². The lowest BCUT2D eigenvalue weighted by molar-refractivity contribution is 0.341. The Kier molecular flexibility index (Phi) is 4.00. The Bertz CT molecular complexity index is 411. The molecule has 1 atom stereocenters. The number of hydrogen-bond donors (Lipinski definition) is 0. The number of nitrogens with zero attached hydrogens (tertiary/aromatic N) is 2. The molecule has 17 heavy (non-hydrogen) atoms. The fourth-order valence-electron chi connectivity index (χ4n) is 2.50. The SMILES string of the molecule is COc1ccccc1[C@H]1CCN(CCC#N)C1. The maximum atomic E-state index is 8.60. The molecule has 3 heteroatoms. The van der Waals surface area contributed by atoms with Gasteiger partial charge < -0.3 is 9.64 Å². The molecule has 90 valence electrons. The number of hydrogen-bond acceptors (Lipinski definition) is 3. The lowest BCUT2D eigenvalue weighted by Gasteiger charge is -2.16. The van der Waals surface area contributed by atoms with E-state index in [0.717, 1.165) is 31.8 Å². The zero-order valence-corrected chi connectivity index (χ0v) is 10.2. The summed E-state index contributed by atoms with van der Waals surface area (Å²) in [5, 5.41) is 8.60. The van der Waals surface area contributed by atoms with Crippen molar-refractivity contribution >= 4 is 0 Å². The average molecular weight is 230 g/mol. The van der Waals surface area contributed by atoms with Gasteiger partial charge in [0.2, 0.25) is 0 Å². The van der Waals surface area contributed by atoms with E-state index >= 15 is 0 Å². The Morgan fingerprint density at radius 2 is 2.29 bits per heavy atom. The lowest BCUT2D eigenvalue weighted by Crippen LogP contribution is -2.21. The van der Waals surface area contributed by atoms with E-state index in [9.17, 15) is 0 Å². The number of methoxy groups -OCH3 is 1. The summed E-state index contributed by atoms with van der Waals surface area (Å²) in [4.78, 5) is 2.36. The number of nitriles is 1. The van der Waals surface area contributed by atoms with Crippen molar-refractivity contribution < 1.29 is 4.74 Å². The topological polar surface area (TPSA) is 36.3 Å². The maximum Gasteiger partial charge on any atom is 0.122 e. The molecule has 0 unspecified atom stereocenters. The molecule has 0 spiro atoms. The number of rotatable bonds is 4. The van der Waals surface area contributed by atoms with E-state index < -0.39 is 0 Å². The largest absolute Gasteiger partial charge is 0.496 e. The zero-order valence-electron chi connectivity index (χ0n) is 10.2. The molecule has 1 fully saturated rings. The third kappa shape index (κ3) is 2.78. The summed E-state index contributed by atoms with van der Waals surface area (Å²) in [6.07, 6.45) is 1.78. The average Bonchev–Trinajstić information content (AvgIpc) is 2.85.